The number of benzene rings is 1. The zero-order valence-electron chi connectivity index (χ0n) is 10.4. The summed E-state index contributed by atoms with van der Waals surface area (Å²) in [6.07, 6.45) is 0. The minimum Gasteiger partial charge on any atom is -0.398 e. The van der Waals surface area contributed by atoms with E-state index in [1.807, 2.05) is 0 Å². The van der Waals surface area contributed by atoms with Crippen LogP contribution in [0.5, 0.6) is 0 Å². The van der Waals surface area contributed by atoms with Gasteiger partial charge in [-0.25, -0.2) is 13.1 Å². The second kappa shape index (κ2) is 5.84. The van der Waals surface area contributed by atoms with Crippen LogP contribution in [0.1, 0.15) is 11.5 Å². The van der Waals surface area contributed by atoms with E-state index in [2.05, 4.69) is 41.7 Å². The van der Waals surface area contributed by atoms with Gasteiger partial charge in [-0.1, -0.05) is 21.1 Å². The van der Waals surface area contributed by atoms with Crippen LogP contribution in [-0.4, -0.2) is 13.6 Å². The number of hydrogen-bond donors (Lipinski definition) is 2. The largest absolute Gasteiger partial charge is 0.398 e. The smallest absolute Gasteiger partial charge is 0.244 e. The van der Waals surface area contributed by atoms with E-state index in [1.165, 1.54) is 6.07 Å². The van der Waals surface area contributed by atoms with Gasteiger partial charge >= 0.3 is 0 Å². The Morgan fingerprint density at radius 1 is 1.35 bits per heavy atom. The molecular weight excluding hydrogens is 414 g/mol. The molecule has 0 amide bonds. The molecule has 0 saturated heterocycles. The maximum absolute atomic E-state index is 12.3. The van der Waals surface area contributed by atoms with Crippen LogP contribution in [0.4, 0.5) is 5.69 Å². The molecule has 1 heterocycles. The van der Waals surface area contributed by atoms with Gasteiger partial charge in [0.15, 0.2) is 5.76 Å². The lowest BCUT2D eigenvalue weighted by Crippen LogP contribution is -2.24. The van der Waals surface area contributed by atoms with Crippen molar-refractivity contribution in [1.82, 2.24) is 9.88 Å². The summed E-state index contributed by atoms with van der Waals surface area (Å²) in [5, 5.41) is 3.69. The van der Waals surface area contributed by atoms with E-state index in [9.17, 15) is 8.42 Å². The van der Waals surface area contributed by atoms with Crippen LogP contribution < -0.4 is 10.5 Å². The molecule has 0 atom stereocenters. The van der Waals surface area contributed by atoms with Gasteiger partial charge in [0.25, 0.3) is 0 Å². The first-order valence-corrected chi connectivity index (χ1v) is 8.53. The second-order valence-corrected chi connectivity index (χ2v) is 7.54. The zero-order chi connectivity index (χ0) is 14.9. The van der Waals surface area contributed by atoms with Crippen molar-refractivity contribution in [3.63, 3.8) is 0 Å². The number of halogens is 2. The molecule has 3 N–H and O–H groups in total. The third-order valence-electron chi connectivity index (χ3n) is 2.42. The quantitative estimate of drug-likeness (QED) is 0.735. The van der Waals surface area contributed by atoms with Crippen LogP contribution in [0.25, 0.3) is 0 Å². The van der Waals surface area contributed by atoms with Crippen LogP contribution in [-0.2, 0) is 16.6 Å². The first-order valence-electron chi connectivity index (χ1n) is 5.46. The summed E-state index contributed by atoms with van der Waals surface area (Å²) in [6, 6.07) is 4.80. The highest BCUT2D eigenvalue weighted by Gasteiger charge is 2.22. The van der Waals surface area contributed by atoms with Gasteiger partial charge in [-0.15, -0.1) is 0 Å². The Kier molecular flexibility index (Phi) is 4.52. The van der Waals surface area contributed by atoms with Crippen molar-refractivity contribution >= 4 is 47.6 Å². The van der Waals surface area contributed by atoms with Crippen molar-refractivity contribution in [3.8, 4) is 0 Å². The summed E-state index contributed by atoms with van der Waals surface area (Å²) in [4.78, 5) is -0.00284. The Balaban J connectivity index is 2.27. The molecule has 0 bridgehead atoms. The lowest BCUT2D eigenvalue weighted by atomic mass is 10.3. The van der Waals surface area contributed by atoms with E-state index in [0.29, 0.717) is 20.4 Å². The molecule has 2 rings (SSSR count). The van der Waals surface area contributed by atoms with Gasteiger partial charge in [-0.3, -0.25) is 0 Å². The van der Waals surface area contributed by atoms with E-state index in [0.717, 1.165) is 0 Å². The molecule has 9 heteroatoms. The number of nitrogen functional groups attached to an aromatic ring is 1. The highest BCUT2D eigenvalue weighted by atomic mass is 79.9. The average Bonchev–Trinajstić information content (AvgIpc) is 2.71. The maximum atomic E-state index is 12.3. The Morgan fingerprint density at radius 2 is 2.05 bits per heavy atom. The molecular formula is C11H11Br2N3O3S. The van der Waals surface area contributed by atoms with Crippen molar-refractivity contribution in [2.45, 2.75) is 18.4 Å². The van der Waals surface area contributed by atoms with Crippen LogP contribution in [0.2, 0.25) is 0 Å². The number of anilines is 1. The molecule has 20 heavy (non-hydrogen) atoms. The fourth-order valence-corrected chi connectivity index (χ4v) is 4.66. The number of aryl methyl sites for hydroxylation is 1. The molecule has 1 aromatic carbocycles. The Bertz CT molecular complexity index is 720. The van der Waals surface area contributed by atoms with Crippen molar-refractivity contribution in [1.29, 1.82) is 0 Å². The van der Waals surface area contributed by atoms with Gasteiger partial charge in [-0.2, -0.15) is 0 Å². The summed E-state index contributed by atoms with van der Waals surface area (Å²) in [6.45, 7) is 1.76. The number of nitrogens with two attached hydrogens (primary N) is 1. The lowest BCUT2D eigenvalue weighted by molar-refractivity contribution is 0.377. The Labute approximate surface area is 133 Å². The number of sulfonamides is 1. The normalized spacial score (nSPS) is 11.8. The van der Waals surface area contributed by atoms with Crippen molar-refractivity contribution in [3.05, 3.63) is 38.6 Å². The molecule has 0 fully saturated rings. The van der Waals surface area contributed by atoms with Gasteiger partial charge in [0.05, 0.1) is 17.9 Å². The van der Waals surface area contributed by atoms with E-state index < -0.39 is 10.0 Å². The summed E-state index contributed by atoms with van der Waals surface area (Å²) in [5.74, 6) is 0.429. The summed E-state index contributed by atoms with van der Waals surface area (Å²) in [7, 11) is -3.76. The second-order valence-electron chi connectivity index (χ2n) is 4.07. The fourth-order valence-electron chi connectivity index (χ4n) is 1.60. The van der Waals surface area contributed by atoms with E-state index in [4.69, 9.17) is 10.3 Å². The zero-order valence-corrected chi connectivity index (χ0v) is 14.3. The summed E-state index contributed by atoms with van der Waals surface area (Å²) in [5.41, 5.74) is 6.60. The number of hydrogen-bond acceptors (Lipinski definition) is 5. The summed E-state index contributed by atoms with van der Waals surface area (Å²) >= 11 is 6.44. The van der Waals surface area contributed by atoms with E-state index in [-0.39, 0.29) is 17.1 Å². The predicted molar refractivity (Wildman–Crippen MR) is 81.5 cm³/mol. The van der Waals surface area contributed by atoms with E-state index in [1.54, 1.807) is 19.1 Å². The standard InChI is InChI=1S/C11H11Br2N3O3S/c1-6-2-8(19-16-6)5-15-20(17,18)11-9(13)3-7(12)4-10(11)14/h2-4,15H,5,14H2,1H3. The van der Waals surface area contributed by atoms with Crippen molar-refractivity contribution in [2.24, 2.45) is 0 Å². The van der Waals surface area contributed by atoms with E-state index >= 15 is 0 Å². The van der Waals surface area contributed by atoms with Gasteiger partial charge in [0, 0.05) is 15.0 Å². The van der Waals surface area contributed by atoms with Gasteiger partial charge < -0.3 is 10.3 Å². The number of aromatic nitrogens is 1. The Hall–Kier alpha value is -0.900. The average molecular weight is 425 g/mol. The molecule has 2 aromatic rings. The van der Waals surface area contributed by atoms with Crippen LogP contribution in [0.15, 0.2) is 36.6 Å². The van der Waals surface area contributed by atoms with Gasteiger partial charge in [-0.05, 0) is 35.0 Å². The molecule has 0 spiro atoms. The SMILES string of the molecule is Cc1cc(CNS(=O)(=O)c2c(N)cc(Br)cc2Br)on1. The molecule has 0 unspecified atom stereocenters. The first-order chi connectivity index (χ1) is 9.29. The van der Waals surface area contributed by atoms with Gasteiger partial charge in [0.2, 0.25) is 10.0 Å². The first kappa shape index (κ1) is 15.5. The number of rotatable bonds is 4. The minimum atomic E-state index is -3.76. The highest BCUT2D eigenvalue weighted by molar-refractivity contribution is 9.11. The van der Waals surface area contributed by atoms with Crippen LogP contribution in [0.3, 0.4) is 0 Å². The molecule has 1 aromatic heterocycles. The molecule has 0 aliphatic heterocycles. The molecule has 6 nitrogen and oxygen atoms in total. The van der Waals surface area contributed by atoms with Crippen LogP contribution >= 0.6 is 31.9 Å². The number of nitrogens with one attached hydrogen (secondary N) is 1. The van der Waals surface area contributed by atoms with Crippen molar-refractivity contribution < 1.29 is 12.9 Å². The third-order valence-corrected chi connectivity index (χ3v) is 5.28. The topological polar surface area (TPSA) is 98.2 Å². The predicted octanol–water partition coefficient (Wildman–Crippen LogP) is 2.57. The minimum absolute atomic E-state index is 0.00284. The van der Waals surface area contributed by atoms with Gasteiger partial charge in [0.1, 0.15) is 4.90 Å². The van der Waals surface area contributed by atoms with Crippen LogP contribution in [0, 0.1) is 6.92 Å². The number of nitrogens with zero attached hydrogens (tertiary/aromatic N) is 1. The Morgan fingerprint density at radius 3 is 2.60 bits per heavy atom. The lowest BCUT2D eigenvalue weighted by Gasteiger charge is -2.10. The maximum Gasteiger partial charge on any atom is 0.244 e. The molecule has 0 radical (unpaired) electrons. The molecule has 108 valence electrons. The monoisotopic (exact) mass is 423 g/mol. The van der Waals surface area contributed by atoms with Crippen molar-refractivity contribution in [2.75, 3.05) is 5.73 Å². The molecule has 0 aliphatic rings. The fraction of sp³-hybridized carbons (Fsp3) is 0.182. The highest BCUT2D eigenvalue weighted by Crippen LogP contribution is 2.31. The third kappa shape index (κ3) is 3.40. The molecule has 0 aliphatic carbocycles. The molecule has 0 saturated carbocycles. The summed E-state index contributed by atoms with van der Waals surface area (Å²) < 4.78 is 33.0.